The maximum atomic E-state index is 12.0. The van der Waals surface area contributed by atoms with E-state index in [1.807, 2.05) is 31.2 Å². The van der Waals surface area contributed by atoms with Crippen LogP contribution in [-0.4, -0.2) is 37.3 Å². The number of hydrogen-bond donors (Lipinski definition) is 2. The van der Waals surface area contributed by atoms with Crippen LogP contribution in [0.3, 0.4) is 0 Å². The van der Waals surface area contributed by atoms with Gasteiger partial charge in [0.2, 0.25) is 5.91 Å². The van der Waals surface area contributed by atoms with Gasteiger partial charge in [-0.3, -0.25) is 4.79 Å². The molecule has 0 saturated carbocycles. The van der Waals surface area contributed by atoms with Crippen LogP contribution >= 0.6 is 15.9 Å². The molecule has 3 atom stereocenters. The van der Waals surface area contributed by atoms with E-state index in [9.17, 15) is 4.79 Å². The second-order valence-electron chi connectivity index (χ2n) is 5.19. The zero-order valence-corrected chi connectivity index (χ0v) is 13.6. The third-order valence-electron chi connectivity index (χ3n) is 3.36. The van der Waals surface area contributed by atoms with Gasteiger partial charge in [0, 0.05) is 11.0 Å². The first-order chi connectivity index (χ1) is 10.1. The number of benzene rings is 1. The summed E-state index contributed by atoms with van der Waals surface area (Å²) in [5, 5.41) is 2.86. The third kappa shape index (κ3) is 4.98. The number of ether oxygens (including phenoxy) is 2. The van der Waals surface area contributed by atoms with Crippen molar-refractivity contribution >= 4 is 21.8 Å². The van der Waals surface area contributed by atoms with Crippen molar-refractivity contribution in [3.05, 3.63) is 28.7 Å². The van der Waals surface area contributed by atoms with Crippen LogP contribution in [0.25, 0.3) is 0 Å². The van der Waals surface area contributed by atoms with Crippen LogP contribution in [0.5, 0.6) is 5.75 Å². The third-order valence-corrected chi connectivity index (χ3v) is 3.85. The molecule has 1 saturated heterocycles. The standard InChI is InChI=1S/C15H21BrN2O3/c1-10(20-12-4-2-3-11(16)7-12)9-18-15(19)14-6-5-13(8-17)21-14/h2-4,7,10,13-14H,5-6,8-9,17H2,1H3,(H,18,19)/t10?,13-,14+/m1/s1. The molecule has 1 amide bonds. The van der Waals surface area contributed by atoms with E-state index in [2.05, 4.69) is 21.2 Å². The SMILES string of the molecule is CC(CNC(=O)[C@@H]1CC[C@H](CN)O1)Oc1cccc(Br)c1. The topological polar surface area (TPSA) is 73.6 Å². The van der Waals surface area contributed by atoms with Gasteiger partial charge in [-0.25, -0.2) is 0 Å². The number of amides is 1. The Morgan fingerprint density at radius 1 is 1.57 bits per heavy atom. The Labute approximate surface area is 133 Å². The van der Waals surface area contributed by atoms with Gasteiger partial charge < -0.3 is 20.5 Å². The zero-order chi connectivity index (χ0) is 15.2. The fourth-order valence-electron chi connectivity index (χ4n) is 2.24. The summed E-state index contributed by atoms with van der Waals surface area (Å²) in [6, 6.07) is 7.62. The Morgan fingerprint density at radius 3 is 3.05 bits per heavy atom. The van der Waals surface area contributed by atoms with Gasteiger partial charge in [0.1, 0.15) is 18.0 Å². The van der Waals surface area contributed by atoms with E-state index in [4.69, 9.17) is 15.2 Å². The normalized spacial score (nSPS) is 22.8. The second kappa shape index (κ2) is 7.77. The average molecular weight is 357 g/mol. The smallest absolute Gasteiger partial charge is 0.249 e. The molecule has 0 spiro atoms. The second-order valence-corrected chi connectivity index (χ2v) is 6.11. The van der Waals surface area contributed by atoms with Gasteiger partial charge in [-0.1, -0.05) is 22.0 Å². The highest BCUT2D eigenvalue weighted by Crippen LogP contribution is 2.20. The lowest BCUT2D eigenvalue weighted by Gasteiger charge is -2.17. The van der Waals surface area contributed by atoms with Crippen LogP contribution in [-0.2, 0) is 9.53 Å². The summed E-state index contributed by atoms with van der Waals surface area (Å²) >= 11 is 3.39. The van der Waals surface area contributed by atoms with Crippen LogP contribution in [0.2, 0.25) is 0 Å². The highest BCUT2D eigenvalue weighted by Gasteiger charge is 2.29. The van der Waals surface area contributed by atoms with E-state index < -0.39 is 0 Å². The van der Waals surface area contributed by atoms with Crippen molar-refractivity contribution in [2.75, 3.05) is 13.1 Å². The minimum atomic E-state index is -0.378. The number of nitrogens with two attached hydrogens (primary N) is 1. The van der Waals surface area contributed by atoms with Crippen molar-refractivity contribution in [2.45, 2.75) is 38.1 Å². The molecule has 1 unspecified atom stereocenters. The summed E-state index contributed by atoms with van der Waals surface area (Å²) in [5.74, 6) is 0.682. The Balaban J connectivity index is 1.73. The maximum absolute atomic E-state index is 12.0. The molecule has 2 rings (SSSR count). The first-order valence-electron chi connectivity index (χ1n) is 7.14. The molecule has 3 N–H and O–H groups in total. The minimum absolute atomic E-state index is 0.0103. The molecule has 116 valence electrons. The van der Waals surface area contributed by atoms with E-state index >= 15 is 0 Å². The Hall–Kier alpha value is -1.11. The summed E-state index contributed by atoms with van der Waals surface area (Å²) in [5.41, 5.74) is 5.54. The van der Waals surface area contributed by atoms with Gasteiger partial charge in [-0.2, -0.15) is 0 Å². The van der Waals surface area contributed by atoms with E-state index in [1.54, 1.807) is 0 Å². The molecule has 1 aromatic carbocycles. The minimum Gasteiger partial charge on any atom is -0.489 e. The molecule has 21 heavy (non-hydrogen) atoms. The number of hydrogen-bond acceptors (Lipinski definition) is 4. The lowest BCUT2D eigenvalue weighted by atomic mass is 10.2. The average Bonchev–Trinajstić information content (AvgIpc) is 2.94. The summed E-state index contributed by atoms with van der Waals surface area (Å²) in [6.45, 7) is 2.82. The van der Waals surface area contributed by atoms with Crippen LogP contribution < -0.4 is 15.8 Å². The quantitative estimate of drug-likeness (QED) is 0.815. The largest absolute Gasteiger partial charge is 0.489 e. The molecule has 0 aromatic heterocycles. The van der Waals surface area contributed by atoms with Crippen molar-refractivity contribution in [1.82, 2.24) is 5.32 Å². The van der Waals surface area contributed by atoms with Gasteiger partial charge in [0.15, 0.2) is 0 Å². The Morgan fingerprint density at radius 2 is 2.38 bits per heavy atom. The lowest BCUT2D eigenvalue weighted by molar-refractivity contribution is -0.132. The van der Waals surface area contributed by atoms with Gasteiger partial charge >= 0.3 is 0 Å². The summed E-state index contributed by atoms with van der Waals surface area (Å²) in [6.07, 6.45) is 1.09. The number of nitrogens with one attached hydrogen (secondary N) is 1. The Kier molecular flexibility index (Phi) is 6.02. The fraction of sp³-hybridized carbons (Fsp3) is 0.533. The molecule has 5 nitrogen and oxygen atoms in total. The molecular weight excluding hydrogens is 336 g/mol. The number of rotatable bonds is 6. The lowest BCUT2D eigenvalue weighted by Crippen LogP contribution is -2.40. The summed E-state index contributed by atoms with van der Waals surface area (Å²) in [7, 11) is 0. The van der Waals surface area contributed by atoms with Crippen molar-refractivity contribution in [2.24, 2.45) is 5.73 Å². The maximum Gasteiger partial charge on any atom is 0.249 e. The van der Waals surface area contributed by atoms with Crippen LogP contribution in [0.15, 0.2) is 28.7 Å². The van der Waals surface area contributed by atoms with E-state index in [-0.39, 0.29) is 24.2 Å². The number of halogens is 1. The molecule has 1 fully saturated rings. The monoisotopic (exact) mass is 356 g/mol. The van der Waals surface area contributed by atoms with Crippen molar-refractivity contribution in [3.8, 4) is 5.75 Å². The van der Waals surface area contributed by atoms with Crippen molar-refractivity contribution in [1.29, 1.82) is 0 Å². The van der Waals surface area contributed by atoms with E-state index in [0.29, 0.717) is 13.1 Å². The summed E-state index contributed by atoms with van der Waals surface area (Å²) in [4.78, 5) is 12.0. The van der Waals surface area contributed by atoms with E-state index in [1.165, 1.54) is 0 Å². The molecule has 1 aliphatic rings. The zero-order valence-electron chi connectivity index (χ0n) is 12.0. The van der Waals surface area contributed by atoms with Crippen LogP contribution in [0, 0.1) is 0 Å². The van der Waals surface area contributed by atoms with Crippen LogP contribution in [0.4, 0.5) is 0 Å². The first kappa shape index (κ1) is 16.3. The van der Waals surface area contributed by atoms with Gasteiger partial charge in [-0.05, 0) is 38.0 Å². The molecule has 0 bridgehead atoms. The highest BCUT2D eigenvalue weighted by molar-refractivity contribution is 9.10. The fourth-order valence-corrected chi connectivity index (χ4v) is 2.62. The predicted octanol–water partition coefficient (Wildman–Crippen LogP) is 1.84. The number of carbonyl (C=O) groups excluding carboxylic acids is 1. The molecule has 1 aliphatic heterocycles. The predicted molar refractivity (Wildman–Crippen MR) is 84.2 cm³/mol. The highest BCUT2D eigenvalue weighted by atomic mass is 79.9. The molecule has 6 heteroatoms. The van der Waals surface area contributed by atoms with Crippen LogP contribution in [0.1, 0.15) is 19.8 Å². The molecule has 1 aromatic rings. The van der Waals surface area contributed by atoms with Gasteiger partial charge in [0.05, 0.1) is 12.6 Å². The molecular formula is C15H21BrN2O3. The molecule has 1 heterocycles. The van der Waals surface area contributed by atoms with E-state index in [0.717, 1.165) is 23.1 Å². The molecule has 0 radical (unpaired) electrons. The van der Waals surface area contributed by atoms with Crippen molar-refractivity contribution in [3.63, 3.8) is 0 Å². The molecule has 0 aliphatic carbocycles. The summed E-state index contributed by atoms with van der Waals surface area (Å²) < 4.78 is 12.3. The Bertz CT molecular complexity index is 484. The van der Waals surface area contributed by atoms with Crippen molar-refractivity contribution < 1.29 is 14.3 Å². The van der Waals surface area contributed by atoms with Gasteiger partial charge in [-0.15, -0.1) is 0 Å². The number of carbonyl (C=O) groups is 1. The van der Waals surface area contributed by atoms with Gasteiger partial charge in [0.25, 0.3) is 0 Å². The first-order valence-corrected chi connectivity index (χ1v) is 7.93.